The molecule has 4 aromatic heterocycles. The second-order valence-electron chi connectivity index (χ2n) is 21.1. The molecule has 1 unspecified atom stereocenters. The summed E-state index contributed by atoms with van der Waals surface area (Å²) in [5.41, 5.74) is 17.6. The summed E-state index contributed by atoms with van der Waals surface area (Å²) in [7, 11) is 0. The molecule has 14 rings (SSSR count). The van der Waals surface area contributed by atoms with Gasteiger partial charge in [0.1, 0.15) is 17.0 Å². The molecule has 0 spiro atoms. The van der Waals surface area contributed by atoms with Crippen molar-refractivity contribution >= 4 is 54.8 Å². The second kappa shape index (κ2) is 19.6. The standard InChI is InChI=1S/C71H52N4O2.Pt/c1-46-20-17-34-64-68(46)74(45-73(64)51-25-18-26-52(43-51)76-53-36-37-58-57-29-13-15-33-63(57)75(65(58)44-53)67-42-50(38-39-72-67)71(2,3)4)69-55(31-19-32-60(69)56-28-12-11-27-54(56)47-21-7-5-8-22-47)49-40-61(48-23-9-6-10-24-48)70-62(41-49)59-30-14-16-35-66(59)77-70;/h5-21,23-42,47H,22H2,1-4H3;/q-2;. The fraction of sp³-hybridized carbons (Fsp3) is 0.0986. The fourth-order valence-corrected chi connectivity index (χ4v) is 11.5. The molecule has 9 aromatic carbocycles. The minimum atomic E-state index is -0.0466. The van der Waals surface area contributed by atoms with Crippen LogP contribution in [0.15, 0.2) is 229 Å². The van der Waals surface area contributed by atoms with E-state index in [-0.39, 0.29) is 32.4 Å². The Kier molecular flexibility index (Phi) is 12.3. The van der Waals surface area contributed by atoms with Crippen molar-refractivity contribution in [2.45, 2.75) is 45.4 Å². The monoisotopic (exact) mass is 1190 g/mol. The number of para-hydroxylation sites is 4. The Morgan fingerprint density at radius 1 is 0.615 bits per heavy atom. The van der Waals surface area contributed by atoms with Crippen molar-refractivity contribution in [2.75, 3.05) is 0 Å². The third-order valence-corrected chi connectivity index (χ3v) is 15.3. The number of rotatable bonds is 9. The van der Waals surface area contributed by atoms with Crippen molar-refractivity contribution in [3.63, 3.8) is 0 Å². The summed E-state index contributed by atoms with van der Waals surface area (Å²) in [6.45, 7) is 8.87. The van der Waals surface area contributed by atoms with Gasteiger partial charge in [0.15, 0.2) is 0 Å². The number of furan rings is 1. The van der Waals surface area contributed by atoms with E-state index in [4.69, 9.17) is 14.1 Å². The first-order chi connectivity index (χ1) is 37.7. The number of fused-ring (bicyclic) bond motifs is 7. The quantitative estimate of drug-likeness (QED) is 0.107. The molecule has 0 saturated heterocycles. The normalized spacial score (nSPS) is 13.5. The van der Waals surface area contributed by atoms with E-state index < -0.39 is 0 Å². The van der Waals surface area contributed by atoms with Crippen LogP contribution in [0, 0.1) is 25.4 Å². The minimum Gasteiger partial charge on any atom is -0.510 e. The number of imidazole rings is 1. The first kappa shape index (κ1) is 48.8. The maximum atomic E-state index is 6.78. The summed E-state index contributed by atoms with van der Waals surface area (Å²) >= 11 is 0. The molecule has 4 heterocycles. The van der Waals surface area contributed by atoms with Crippen LogP contribution in [-0.4, -0.2) is 14.1 Å². The Bertz CT molecular complexity index is 4530. The zero-order valence-electron chi connectivity index (χ0n) is 43.6. The van der Waals surface area contributed by atoms with Gasteiger partial charge in [-0.25, -0.2) is 4.98 Å². The van der Waals surface area contributed by atoms with E-state index in [9.17, 15) is 0 Å². The van der Waals surface area contributed by atoms with Gasteiger partial charge in [0.25, 0.3) is 6.33 Å². The number of benzene rings is 9. The van der Waals surface area contributed by atoms with Gasteiger partial charge in [0.2, 0.25) is 0 Å². The average Bonchev–Trinajstić information content (AvgIpc) is 4.24. The van der Waals surface area contributed by atoms with Crippen LogP contribution >= 0.6 is 0 Å². The van der Waals surface area contributed by atoms with E-state index in [2.05, 4.69) is 254 Å². The van der Waals surface area contributed by atoms with Crippen LogP contribution in [0.3, 0.4) is 0 Å². The van der Waals surface area contributed by atoms with Crippen LogP contribution in [0.5, 0.6) is 11.5 Å². The van der Waals surface area contributed by atoms with Crippen LogP contribution < -0.4 is 9.30 Å². The van der Waals surface area contributed by atoms with E-state index in [1.165, 1.54) is 16.7 Å². The maximum Gasteiger partial charge on any atom is 0.268 e. The summed E-state index contributed by atoms with van der Waals surface area (Å²) in [5, 5.41) is 4.35. The third kappa shape index (κ3) is 8.39. The number of allylic oxidation sites excluding steroid dienone is 4. The van der Waals surface area contributed by atoms with E-state index in [1.54, 1.807) is 0 Å². The fourth-order valence-electron chi connectivity index (χ4n) is 11.5. The minimum absolute atomic E-state index is 0. The maximum absolute atomic E-state index is 6.78. The Morgan fingerprint density at radius 2 is 1.36 bits per heavy atom. The van der Waals surface area contributed by atoms with Crippen LogP contribution in [-0.2, 0) is 26.5 Å². The molecule has 0 amide bonds. The number of hydrogen-bond acceptors (Lipinski definition) is 3. The Labute approximate surface area is 468 Å². The van der Waals surface area contributed by atoms with Crippen LogP contribution in [0.4, 0.5) is 0 Å². The van der Waals surface area contributed by atoms with E-state index in [1.807, 2.05) is 30.5 Å². The SMILES string of the molecule is Cc1cccc2c1[n+](-c1c(-c3cc(-c4ccccc4)c4oc5ccccc5c4c3)cccc1-c1ccccc1C1C=CC=CC1)[c-]n2-c1[c-]c(Oc2[c-]c3c(cc2)c2ccccc2n3-c2cc(C(C)(C)C)ccn2)ccc1.[Pt]. The van der Waals surface area contributed by atoms with E-state index in [0.29, 0.717) is 11.5 Å². The molecule has 78 heavy (non-hydrogen) atoms. The zero-order valence-corrected chi connectivity index (χ0v) is 45.8. The molecule has 1 atom stereocenters. The number of ether oxygens (including phenoxy) is 1. The van der Waals surface area contributed by atoms with Gasteiger partial charge < -0.3 is 18.3 Å². The molecule has 1 aliphatic rings. The Morgan fingerprint density at radius 3 is 2.22 bits per heavy atom. The van der Waals surface area contributed by atoms with Crippen molar-refractivity contribution in [1.29, 1.82) is 0 Å². The van der Waals surface area contributed by atoms with Gasteiger partial charge in [-0.2, -0.15) is 18.2 Å². The molecule has 13 aromatic rings. The summed E-state index contributed by atoms with van der Waals surface area (Å²) in [6.07, 6.45) is 15.7. The second-order valence-corrected chi connectivity index (χ2v) is 21.1. The van der Waals surface area contributed by atoms with Crippen molar-refractivity contribution < 1.29 is 34.8 Å². The van der Waals surface area contributed by atoms with Crippen molar-refractivity contribution in [2.24, 2.45) is 0 Å². The van der Waals surface area contributed by atoms with Gasteiger partial charge in [-0.1, -0.05) is 178 Å². The van der Waals surface area contributed by atoms with Gasteiger partial charge >= 0.3 is 0 Å². The topological polar surface area (TPSA) is 49.0 Å². The molecule has 1 aliphatic carbocycles. The first-order valence-electron chi connectivity index (χ1n) is 26.4. The molecule has 0 bridgehead atoms. The zero-order chi connectivity index (χ0) is 51.8. The molecule has 0 radical (unpaired) electrons. The van der Waals surface area contributed by atoms with Crippen LogP contribution in [0.1, 0.15) is 49.8 Å². The first-order valence-corrected chi connectivity index (χ1v) is 26.4. The Balaban J connectivity index is 0.00000579. The van der Waals surface area contributed by atoms with E-state index >= 15 is 0 Å². The number of pyridine rings is 1. The van der Waals surface area contributed by atoms with Crippen molar-refractivity contribution in [3.05, 3.63) is 260 Å². The van der Waals surface area contributed by atoms with Gasteiger partial charge in [0, 0.05) is 66.5 Å². The van der Waals surface area contributed by atoms with Gasteiger partial charge in [0.05, 0.1) is 16.7 Å². The van der Waals surface area contributed by atoms with Gasteiger partial charge in [-0.3, -0.25) is 4.57 Å². The number of aromatic nitrogens is 4. The largest absolute Gasteiger partial charge is 0.510 e. The predicted octanol–water partition coefficient (Wildman–Crippen LogP) is 17.7. The molecule has 0 aliphatic heterocycles. The molecular formula is C71H52N4O2Pt-2. The molecule has 0 saturated carbocycles. The summed E-state index contributed by atoms with van der Waals surface area (Å²) in [4.78, 5) is 4.90. The van der Waals surface area contributed by atoms with E-state index in [0.717, 1.165) is 112 Å². The number of hydrogen-bond donors (Lipinski definition) is 0. The van der Waals surface area contributed by atoms with Gasteiger partial charge in [-0.05, 0) is 111 Å². The summed E-state index contributed by atoms with van der Waals surface area (Å²) < 4.78 is 20.1. The number of nitrogens with zero attached hydrogens (tertiary/aromatic N) is 4. The molecule has 380 valence electrons. The summed E-state index contributed by atoms with van der Waals surface area (Å²) in [6, 6.07) is 75.9. The van der Waals surface area contributed by atoms with Crippen molar-refractivity contribution in [3.8, 4) is 62.1 Å². The molecule has 6 nitrogen and oxygen atoms in total. The molecular weight excluding hydrogens is 1140 g/mol. The van der Waals surface area contributed by atoms with Crippen LogP contribution in [0.25, 0.3) is 105 Å². The molecule has 7 heteroatoms. The third-order valence-electron chi connectivity index (χ3n) is 15.3. The Hall–Kier alpha value is -8.83. The number of aryl methyl sites for hydroxylation is 1. The summed E-state index contributed by atoms with van der Waals surface area (Å²) in [5.74, 6) is 2.19. The van der Waals surface area contributed by atoms with Gasteiger partial charge in [-0.15, -0.1) is 29.7 Å². The predicted molar refractivity (Wildman–Crippen MR) is 313 cm³/mol. The van der Waals surface area contributed by atoms with Crippen molar-refractivity contribution in [1.82, 2.24) is 14.1 Å². The molecule has 0 fully saturated rings. The molecule has 0 N–H and O–H groups in total. The van der Waals surface area contributed by atoms with Crippen LogP contribution in [0.2, 0.25) is 0 Å². The average molecular weight is 1190 g/mol. The smallest absolute Gasteiger partial charge is 0.268 e.